The number of nitro groups is 1. The van der Waals surface area contributed by atoms with Crippen LogP contribution >= 0.6 is 34.2 Å². The molecule has 0 aliphatic carbocycles. The lowest BCUT2D eigenvalue weighted by Crippen LogP contribution is -2.02. The maximum absolute atomic E-state index is 10.9. The Kier molecular flexibility index (Phi) is 8.09. The first-order valence-corrected chi connectivity index (χ1v) is 11.1. The van der Waals surface area contributed by atoms with E-state index in [-0.39, 0.29) is 12.3 Å². The summed E-state index contributed by atoms with van der Waals surface area (Å²) in [5.41, 5.74) is 2.55. The van der Waals surface area contributed by atoms with E-state index in [4.69, 9.17) is 21.1 Å². The van der Waals surface area contributed by atoms with Crippen molar-refractivity contribution in [2.24, 2.45) is 0 Å². The molecule has 0 spiro atoms. The molecular weight excluding hydrogens is 543 g/mol. The zero-order valence-electron chi connectivity index (χ0n) is 17.0. The van der Waals surface area contributed by atoms with E-state index in [0.29, 0.717) is 34.3 Å². The molecule has 0 saturated heterocycles. The zero-order chi connectivity index (χ0) is 23.1. The number of halogens is 2. The second-order valence-corrected chi connectivity index (χ2v) is 8.19. The van der Waals surface area contributed by atoms with Crippen molar-refractivity contribution in [3.8, 4) is 17.6 Å². The molecule has 0 aromatic heterocycles. The second-order valence-electron chi connectivity index (χ2n) is 6.62. The third-order valence-electron chi connectivity index (χ3n) is 4.48. The summed E-state index contributed by atoms with van der Waals surface area (Å²) in [4.78, 5) is 10.4. The average Bonchev–Trinajstić information content (AvgIpc) is 2.78. The standard InChI is InChI=1S/C24H18ClIN2O4/c1-2-31-23-13-16(11-19(14-27)17-7-9-20(10-8-17)28(29)30)12-22(26)24(23)32-15-18-5-3-4-6-21(18)25/h3-13H,2,15H2,1H3/b19-11-. The summed E-state index contributed by atoms with van der Waals surface area (Å²) < 4.78 is 12.6. The van der Waals surface area contributed by atoms with E-state index < -0.39 is 4.92 Å². The molecule has 3 aromatic rings. The molecule has 0 bridgehead atoms. The van der Waals surface area contributed by atoms with E-state index in [1.807, 2.05) is 37.3 Å². The van der Waals surface area contributed by atoms with Gasteiger partial charge in [-0.15, -0.1) is 0 Å². The predicted molar refractivity (Wildman–Crippen MR) is 133 cm³/mol. The highest BCUT2D eigenvalue weighted by Crippen LogP contribution is 2.36. The van der Waals surface area contributed by atoms with Gasteiger partial charge in [0.15, 0.2) is 11.5 Å². The van der Waals surface area contributed by atoms with Gasteiger partial charge in [-0.1, -0.05) is 29.8 Å². The summed E-state index contributed by atoms with van der Waals surface area (Å²) >= 11 is 8.39. The summed E-state index contributed by atoms with van der Waals surface area (Å²) in [5.74, 6) is 1.15. The summed E-state index contributed by atoms with van der Waals surface area (Å²) in [6.07, 6.45) is 1.71. The van der Waals surface area contributed by atoms with Crippen molar-refractivity contribution in [1.82, 2.24) is 0 Å². The smallest absolute Gasteiger partial charge is 0.269 e. The fourth-order valence-electron chi connectivity index (χ4n) is 2.95. The van der Waals surface area contributed by atoms with Gasteiger partial charge in [-0.05, 0) is 77.0 Å². The van der Waals surface area contributed by atoms with Gasteiger partial charge < -0.3 is 9.47 Å². The Morgan fingerprint density at radius 1 is 1.19 bits per heavy atom. The lowest BCUT2D eigenvalue weighted by molar-refractivity contribution is -0.384. The number of nitrogens with zero attached hydrogens (tertiary/aromatic N) is 2. The van der Waals surface area contributed by atoms with E-state index in [2.05, 4.69) is 28.7 Å². The topological polar surface area (TPSA) is 85.4 Å². The van der Waals surface area contributed by atoms with Crippen LogP contribution in [0.2, 0.25) is 5.02 Å². The summed E-state index contributed by atoms with van der Waals surface area (Å²) in [6.45, 7) is 2.61. The van der Waals surface area contributed by atoms with Gasteiger partial charge in [0.2, 0.25) is 0 Å². The second kappa shape index (κ2) is 11.0. The van der Waals surface area contributed by atoms with Gasteiger partial charge in [0.1, 0.15) is 6.61 Å². The monoisotopic (exact) mass is 560 g/mol. The number of benzene rings is 3. The molecule has 6 nitrogen and oxygen atoms in total. The number of rotatable bonds is 8. The highest BCUT2D eigenvalue weighted by Gasteiger charge is 2.14. The van der Waals surface area contributed by atoms with Crippen LogP contribution in [-0.4, -0.2) is 11.5 Å². The van der Waals surface area contributed by atoms with Crippen molar-refractivity contribution in [3.05, 3.63) is 96.1 Å². The van der Waals surface area contributed by atoms with E-state index in [9.17, 15) is 15.4 Å². The molecule has 0 heterocycles. The number of non-ortho nitro benzene ring substituents is 1. The third-order valence-corrected chi connectivity index (χ3v) is 5.65. The Bertz CT molecular complexity index is 1200. The molecule has 0 amide bonds. The Morgan fingerprint density at radius 2 is 1.91 bits per heavy atom. The first-order chi connectivity index (χ1) is 15.4. The maximum Gasteiger partial charge on any atom is 0.269 e. The van der Waals surface area contributed by atoms with Gasteiger partial charge >= 0.3 is 0 Å². The van der Waals surface area contributed by atoms with Crippen molar-refractivity contribution >= 4 is 51.5 Å². The van der Waals surface area contributed by atoms with Gasteiger partial charge in [0, 0.05) is 22.7 Å². The number of hydrogen-bond acceptors (Lipinski definition) is 5. The Balaban J connectivity index is 1.92. The quantitative estimate of drug-likeness (QED) is 0.0984. The van der Waals surface area contributed by atoms with Crippen LogP contribution in [0.15, 0.2) is 60.7 Å². The predicted octanol–water partition coefficient (Wildman–Crippen LogP) is 6.89. The number of nitro benzene ring substituents is 1. The fourth-order valence-corrected chi connectivity index (χ4v) is 3.92. The molecule has 32 heavy (non-hydrogen) atoms. The number of allylic oxidation sites excluding steroid dienone is 1. The summed E-state index contributed by atoms with van der Waals surface area (Å²) in [7, 11) is 0. The number of ether oxygens (including phenoxy) is 2. The minimum absolute atomic E-state index is 0.0285. The molecule has 0 saturated carbocycles. The van der Waals surface area contributed by atoms with Gasteiger partial charge in [-0.2, -0.15) is 5.26 Å². The largest absolute Gasteiger partial charge is 0.490 e. The first kappa shape index (κ1) is 23.6. The van der Waals surface area contributed by atoms with E-state index in [1.165, 1.54) is 12.1 Å². The van der Waals surface area contributed by atoms with Crippen LogP contribution < -0.4 is 9.47 Å². The van der Waals surface area contributed by atoms with Crippen molar-refractivity contribution in [2.75, 3.05) is 6.61 Å². The molecule has 162 valence electrons. The van der Waals surface area contributed by atoms with E-state index in [1.54, 1.807) is 24.3 Å². The van der Waals surface area contributed by atoms with Gasteiger partial charge in [-0.25, -0.2) is 0 Å². The lowest BCUT2D eigenvalue weighted by atomic mass is 10.0. The molecule has 0 unspecified atom stereocenters. The zero-order valence-corrected chi connectivity index (χ0v) is 20.0. The summed E-state index contributed by atoms with van der Waals surface area (Å²) in [5, 5.41) is 21.1. The van der Waals surface area contributed by atoms with Crippen molar-refractivity contribution in [2.45, 2.75) is 13.5 Å². The van der Waals surface area contributed by atoms with Gasteiger partial charge in [0.25, 0.3) is 5.69 Å². The van der Waals surface area contributed by atoms with Crippen molar-refractivity contribution in [3.63, 3.8) is 0 Å². The molecule has 3 aromatic carbocycles. The molecule has 0 aliphatic rings. The third kappa shape index (κ3) is 5.78. The van der Waals surface area contributed by atoms with Crippen molar-refractivity contribution < 1.29 is 14.4 Å². The molecular formula is C24H18ClIN2O4. The number of hydrogen-bond donors (Lipinski definition) is 0. The Hall–Kier alpha value is -3.09. The molecule has 0 fully saturated rings. The normalized spacial score (nSPS) is 11.0. The van der Waals surface area contributed by atoms with Crippen LogP contribution in [0.4, 0.5) is 5.69 Å². The van der Waals surface area contributed by atoms with Crippen LogP contribution in [0.3, 0.4) is 0 Å². The number of nitriles is 1. The molecule has 8 heteroatoms. The van der Waals surface area contributed by atoms with Crippen LogP contribution in [0.25, 0.3) is 11.6 Å². The minimum atomic E-state index is -0.475. The van der Waals surface area contributed by atoms with Crippen LogP contribution in [0.5, 0.6) is 11.5 Å². The van der Waals surface area contributed by atoms with Crippen molar-refractivity contribution in [1.29, 1.82) is 5.26 Å². The highest BCUT2D eigenvalue weighted by atomic mass is 127. The average molecular weight is 561 g/mol. The highest BCUT2D eigenvalue weighted by molar-refractivity contribution is 14.1. The molecule has 0 N–H and O–H groups in total. The maximum atomic E-state index is 10.9. The lowest BCUT2D eigenvalue weighted by Gasteiger charge is -2.15. The SMILES string of the molecule is CCOc1cc(/C=C(/C#N)c2ccc([N+](=O)[O-])cc2)cc(I)c1OCc1ccccc1Cl. The van der Waals surface area contributed by atoms with E-state index >= 15 is 0 Å². The Morgan fingerprint density at radius 3 is 2.53 bits per heavy atom. The molecule has 0 aliphatic heterocycles. The van der Waals surface area contributed by atoms with Crippen LogP contribution in [-0.2, 0) is 6.61 Å². The van der Waals surface area contributed by atoms with Crippen LogP contribution in [0, 0.1) is 25.0 Å². The fraction of sp³-hybridized carbons (Fsp3) is 0.125. The molecule has 0 atom stereocenters. The summed E-state index contributed by atoms with van der Waals surface area (Å²) in [6, 6.07) is 19.2. The molecule has 3 rings (SSSR count). The Labute approximate surface area is 204 Å². The van der Waals surface area contributed by atoms with Gasteiger partial charge in [-0.3, -0.25) is 10.1 Å². The van der Waals surface area contributed by atoms with Gasteiger partial charge in [0.05, 0.1) is 26.7 Å². The first-order valence-electron chi connectivity index (χ1n) is 9.62. The van der Waals surface area contributed by atoms with Crippen LogP contribution in [0.1, 0.15) is 23.6 Å². The minimum Gasteiger partial charge on any atom is -0.490 e. The molecule has 0 radical (unpaired) electrons. The van der Waals surface area contributed by atoms with E-state index in [0.717, 1.165) is 14.7 Å².